The molecular weight excluding hydrogens is 346 g/mol. The van der Waals surface area contributed by atoms with Crippen molar-refractivity contribution in [3.63, 3.8) is 0 Å². The lowest BCUT2D eigenvalue weighted by Gasteiger charge is -2.19. The quantitative estimate of drug-likeness (QED) is 0.543. The Morgan fingerprint density at radius 1 is 1.15 bits per heavy atom. The molecule has 27 heavy (non-hydrogen) atoms. The number of anilines is 2. The van der Waals surface area contributed by atoms with Gasteiger partial charge in [0.05, 0.1) is 31.1 Å². The third-order valence-corrected chi connectivity index (χ3v) is 4.35. The minimum atomic E-state index is -0.969. The minimum Gasteiger partial charge on any atom is -0.394 e. The maximum atomic E-state index is 11.6. The Morgan fingerprint density at radius 3 is 2.74 bits per heavy atom. The Morgan fingerprint density at radius 2 is 1.96 bits per heavy atom. The van der Waals surface area contributed by atoms with Crippen LogP contribution in [0.25, 0.3) is 11.4 Å². The average Bonchev–Trinajstić information content (AvgIpc) is 3.11. The number of benzene rings is 2. The Balaban J connectivity index is 1.73. The van der Waals surface area contributed by atoms with E-state index in [9.17, 15) is 15.0 Å². The lowest BCUT2D eigenvalue weighted by Crippen LogP contribution is -2.27. The molecule has 8 nitrogen and oxygen atoms in total. The number of carbonyl (C=O) groups is 1. The first-order chi connectivity index (χ1) is 13.2. The summed E-state index contributed by atoms with van der Waals surface area (Å²) in [6.07, 6.45) is -0.969. The summed E-state index contributed by atoms with van der Waals surface area (Å²) in [5.74, 6) is 0.651. The van der Waals surface area contributed by atoms with E-state index < -0.39 is 6.10 Å². The number of aliphatic hydroxyl groups excluding tert-OH is 2. The molecule has 0 bridgehead atoms. The molecule has 1 atom stereocenters. The van der Waals surface area contributed by atoms with Crippen LogP contribution in [-0.2, 0) is 11.3 Å². The highest BCUT2D eigenvalue weighted by Gasteiger charge is 2.21. The van der Waals surface area contributed by atoms with Crippen molar-refractivity contribution in [2.24, 2.45) is 0 Å². The number of carbonyl (C=O) groups excluding carboxylic acids is 1. The van der Waals surface area contributed by atoms with Gasteiger partial charge in [0.15, 0.2) is 11.6 Å². The van der Waals surface area contributed by atoms with Crippen LogP contribution < -0.4 is 10.6 Å². The van der Waals surface area contributed by atoms with E-state index in [0.29, 0.717) is 17.1 Å². The molecule has 1 amide bonds. The third-order valence-electron chi connectivity index (χ3n) is 4.35. The van der Waals surface area contributed by atoms with E-state index in [2.05, 4.69) is 20.7 Å². The molecule has 4 rings (SSSR count). The summed E-state index contributed by atoms with van der Waals surface area (Å²) in [7, 11) is 0. The molecule has 0 spiro atoms. The van der Waals surface area contributed by atoms with Crippen LogP contribution in [0.15, 0.2) is 48.5 Å². The van der Waals surface area contributed by atoms with Gasteiger partial charge >= 0.3 is 0 Å². The first kappa shape index (κ1) is 17.2. The highest BCUT2D eigenvalue weighted by molar-refractivity contribution is 6.01. The fourth-order valence-corrected chi connectivity index (χ4v) is 3.03. The fourth-order valence-electron chi connectivity index (χ4n) is 3.03. The molecule has 0 saturated carbocycles. The molecule has 3 aromatic rings. The van der Waals surface area contributed by atoms with Crippen molar-refractivity contribution in [3.05, 3.63) is 59.9 Å². The molecule has 2 heterocycles. The van der Waals surface area contributed by atoms with Gasteiger partial charge in [0.1, 0.15) is 6.10 Å². The van der Waals surface area contributed by atoms with E-state index >= 15 is 0 Å². The lowest BCUT2D eigenvalue weighted by molar-refractivity contribution is -0.114. The Kier molecular flexibility index (Phi) is 4.57. The van der Waals surface area contributed by atoms with Gasteiger partial charge in [-0.1, -0.05) is 30.3 Å². The third kappa shape index (κ3) is 3.40. The van der Waals surface area contributed by atoms with Gasteiger partial charge in [-0.2, -0.15) is 5.10 Å². The first-order valence-electron chi connectivity index (χ1n) is 8.62. The van der Waals surface area contributed by atoms with Crippen molar-refractivity contribution in [3.8, 4) is 11.4 Å². The van der Waals surface area contributed by atoms with Crippen molar-refractivity contribution in [1.82, 2.24) is 14.8 Å². The van der Waals surface area contributed by atoms with Crippen LogP contribution >= 0.6 is 0 Å². The van der Waals surface area contributed by atoms with Crippen molar-refractivity contribution in [2.45, 2.75) is 12.6 Å². The Hall–Kier alpha value is -3.23. The normalized spacial score (nSPS) is 14.2. The van der Waals surface area contributed by atoms with Crippen molar-refractivity contribution in [2.75, 3.05) is 23.8 Å². The lowest BCUT2D eigenvalue weighted by atomic mass is 10.1. The molecule has 0 radical (unpaired) electrons. The van der Waals surface area contributed by atoms with Crippen LogP contribution in [0.1, 0.15) is 17.5 Å². The van der Waals surface area contributed by atoms with Crippen LogP contribution in [0.4, 0.5) is 11.4 Å². The second-order valence-corrected chi connectivity index (χ2v) is 6.22. The molecule has 8 heteroatoms. The summed E-state index contributed by atoms with van der Waals surface area (Å²) < 4.78 is 1.56. The Bertz CT molecular complexity index is 971. The molecule has 0 saturated heterocycles. The van der Waals surface area contributed by atoms with E-state index in [1.54, 1.807) is 22.9 Å². The second kappa shape index (κ2) is 7.18. The molecule has 1 aliphatic heterocycles. The summed E-state index contributed by atoms with van der Waals surface area (Å²) in [4.78, 5) is 16.1. The van der Waals surface area contributed by atoms with Crippen LogP contribution in [0, 0.1) is 0 Å². The van der Waals surface area contributed by atoms with E-state index in [1.165, 1.54) is 0 Å². The maximum Gasteiger partial charge on any atom is 0.243 e. The van der Waals surface area contributed by atoms with E-state index in [1.807, 2.05) is 30.3 Å². The van der Waals surface area contributed by atoms with E-state index in [-0.39, 0.29) is 31.4 Å². The first-order valence-corrected chi connectivity index (χ1v) is 8.62. The molecule has 4 N–H and O–H groups in total. The average molecular weight is 365 g/mol. The number of nitrogens with one attached hydrogen (secondary N) is 2. The van der Waals surface area contributed by atoms with Crippen LogP contribution in [-0.4, -0.2) is 44.0 Å². The van der Waals surface area contributed by atoms with Crippen LogP contribution in [0.2, 0.25) is 0 Å². The predicted octanol–water partition coefficient (Wildman–Crippen LogP) is 1.38. The monoisotopic (exact) mass is 365 g/mol. The van der Waals surface area contributed by atoms with Gasteiger partial charge in [-0.15, -0.1) is 0 Å². The van der Waals surface area contributed by atoms with Gasteiger partial charge in [-0.05, 0) is 23.8 Å². The number of aliphatic hydroxyl groups is 2. The highest BCUT2D eigenvalue weighted by atomic mass is 16.3. The van der Waals surface area contributed by atoms with Gasteiger partial charge < -0.3 is 20.8 Å². The largest absolute Gasteiger partial charge is 0.394 e. The zero-order chi connectivity index (χ0) is 18.8. The van der Waals surface area contributed by atoms with Gasteiger partial charge in [0.2, 0.25) is 5.91 Å². The zero-order valence-electron chi connectivity index (χ0n) is 14.5. The standard InChI is InChI=1S/C19H19N5O3/c25-9-8-24-19(13-6-7-14-15(10-13)21-16(26)11-20-14)22-18(23-24)17(27)12-4-2-1-3-5-12/h1-7,10,17,20,25,27H,8-9,11H2,(H,21,26). The predicted molar refractivity (Wildman–Crippen MR) is 100 cm³/mol. The Labute approximate surface area is 155 Å². The number of hydrogen-bond donors (Lipinski definition) is 4. The number of amides is 1. The number of hydrogen-bond acceptors (Lipinski definition) is 6. The molecule has 1 aliphatic rings. The van der Waals surface area contributed by atoms with Crippen molar-refractivity contribution in [1.29, 1.82) is 0 Å². The number of aromatic nitrogens is 3. The summed E-state index contributed by atoms with van der Waals surface area (Å²) in [6, 6.07) is 14.7. The van der Waals surface area contributed by atoms with Crippen molar-refractivity contribution < 1.29 is 15.0 Å². The summed E-state index contributed by atoms with van der Waals surface area (Å²) in [5.41, 5.74) is 2.90. The minimum absolute atomic E-state index is 0.111. The van der Waals surface area contributed by atoms with Crippen LogP contribution in [0.5, 0.6) is 0 Å². The molecule has 1 unspecified atom stereocenters. The van der Waals surface area contributed by atoms with Gasteiger partial charge in [-0.25, -0.2) is 9.67 Å². The van der Waals surface area contributed by atoms with E-state index in [4.69, 9.17) is 0 Å². The van der Waals surface area contributed by atoms with Gasteiger partial charge in [-0.3, -0.25) is 4.79 Å². The van der Waals surface area contributed by atoms with Gasteiger partial charge in [0.25, 0.3) is 0 Å². The SMILES string of the molecule is O=C1CNc2ccc(-c3nc(C(O)c4ccccc4)nn3CCO)cc2N1. The molecule has 2 aromatic carbocycles. The fraction of sp³-hybridized carbons (Fsp3) is 0.211. The number of rotatable bonds is 5. The molecule has 0 fully saturated rings. The summed E-state index contributed by atoms with van der Waals surface area (Å²) >= 11 is 0. The summed E-state index contributed by atoms with van der Waals surface area (Å²) in [6.45, 7) is 0.368. The zero-order valence-corrected chi connectivity index (χ0v) is 14.5. The molecule has 0 aliphatic carbocycles. The number of fused-ring (bicyclic) bond motifs is 1. The second-order valence-electron chi connectivity index (χ2n) is 6.22. The molecule has 138 valence electrons. The summed E-state index contributed by atoms with van der Waals surface area (Å²) in [5, 5.41) is 30.2. The highest BCUT2D eigenvalue weighted by Crippen LogP contribution is 2.31. The van der Waals surface area contributed by atoms with E-state index in [0.717, 1.165) is 11.3 Å². The maximum absolute atomic E-state index is 11.6. The van der Waals surface area contributed by atoms with Crippen molar-refractivity contribution >= 4 is 17.3 Å². The smallest absolute Gasteiger partial charge is 0.243 e. The molecule has 1 aromatic heterocycles. The number of nitrogens with zero attached hydrogens (tertiary/aromatic N) is 3. The molecular formula is C19H19N5O3. The van der Waals surface area contributed by atoms with Crippen LogP contribution in [0.3, 0.4) is 0 Å². The van der Waals surface area contributed by atoms with Gasteiger partial charge in [0, 0.05) is 5.56 Å². The topological polar surface area (TPSA) is 112 Å².